The molecule has 0 aliphatic rings. The van der Waals surface area contributed by atoms with Crippen LogP contribution in [-0.2, 0) is 0 Å². The second-order valence-electron chi connectivity index (χ2n) is 3.88. The van der Waals surface area contributed by atoms with Gasteiger partial charge in [-0.15, -0.1) is 0 Å². The predicted octanol–water partition coefficient (Wildman–Crippen LogP) is 3.10. The molecule has 0 radical (unpaired) electrons. The number of nitrogens with zero attached hydrogens (tertiary/aromatic N) is 2. The third kappa shape index (κ3) is 3.15. The summed E-state index contributed by atoms with van der Waals surface area (Å²) in [6.45, 7) is 0. The number of methoxy groups -OCH3 is 1. The molecule has 0 spiro atoms. The molecule has 1 unspecified atom stereocenters. The summed E-state index contributed by atoms with van der Waals surface area (Å²) >= 11 is 12.1. The first kappa shape index (κ1) is 14.1. The van der Waals surface area contributed by atoms with Crippen LogP contribution in [0.3, 0.4) is 0 Å². The Kier molecular flexibility index (Phi) is 4.58. The van der Waals surface area contributed by atoms with Crippen molar-refractivity contribution in [2.45, 2.75) is 6.04 Å². The molecular weight excluding hydrogens is 285 g/mol. The minimum atomic E-state index is -0.195. The van der Waals surface area contributed by atoms with Crippen molar-refractivity contribution in [3.63, 3.8) is 0 Å². The van der Waals surface area contributed by atoms with Gasteiger partial charge in [0.05, 0.1) is 13.2 Å². The summed E-state index contributed by atoms with van der Waals surface area (Å²) in [6.07, 6.45) is 3.20. The second kappa shape index (κ2) is 6.19. The van der Waals surface area contributed by atoms with Gasteiger partial charge >= 0.3 is 0 Å². The Hall–Kier alpha value is -1.36. The van der Waals surface area contributed by atoms with Gasteiger partial charge in [0.25, 0.3) is 0 Å². The first-order valence-corrected chi connectivity index (χ1v) is 6.39. The minimum absolute atomic E-state index is 0.195. The number of hydrogen-bond donors (Lipinski definition) is 1. The maximum absolute atomic E-state index is 6.03. The molecule has 1 aromatic carbocycles. The molecule has 19 heavy (non-hydrogen) atoms. The Labute approximate surface area is 121 Å². The lowest BCUT2D eigenvalue weighted by molar-refractivity contribution is 0.384. The van der Waals surface area contributed by atoms with Gasteiger partial charge in [0.1, 0.15) is 5.69 Å². The van der Waals surface area contributed by atoms with Crippen LogP contribution >= 0.6 is 23.2 Å². The molecule has 1 N–H and O–H groups in total. The number of halogens is 2. The van der Waals surface area contributed by atoms with Gasteiger partial charge in [0.15, 0.2) is 0 Å². The van der Waals surface area contributed by atoms with E-state index >= 15 is 0 Å². The molecule has 100 valence electrons. The summed E-state index contributed by atoms with van der Waals surface area (Å²) < 4.78 is 5.23. The molecule has 0 saturated heterocycles. The van der Waals surface area contributed by atoms with E-state index in [1.54, 1.807) is 25.6 Å². The van der Waals surface area contributed by atoms with Crippen LogP contribution in [0.25, 0.3) is 0 Å². The summed E-state index contributed by atoms with van der Waals surface area (Å²) in [7, 11) is 3.39. The maximum Gasteiger partial charge on any atom is 0.237 e. The summed E-state index contributed by atoms with van der Waals surface area (Å²) in [5, 5.41) is 4.31. The van der Waals surface area contributed by atoms with Gasteiger partial charge in [-0.2, -0.15) is 0 Å². The molecule has 1 atom stereocenters. The molecule has 0 bridgehead atoms. The first-order chi connectivity index (χ1) is 9.15. The molecule has 2 rings (SSSR count). The fourth-order valence-corrected chi connectivity index (χ4v) is 2.44. The van der Waals surface area contributed by atoms with Gasteiger partial charge < -0.3 is 10.1 Å². The molecule has 1 heterocycles. The average molecular weight is 298 g/mol. The molecule has 0 fully saturated rings. The summed E-state index contributed by atoms with van der Waals surface area (Å²) in [6, 6.07) is 5.17. The Morgan fingerprint density at radius 3 is 2.32 bits per heavy atom. The van der Waals surface area contributed by atoms with Crippen molar-refractivity contribution < 1.29 is 4.74 Å². The Morgan fingerprint density at radius 1 is 1.11 bits per heavy atom. The lowest BCUT2D eigenvalue weighted by Gasteiger charge is -2.18. The van der Waals surface area contributed by atoms with Gasteiger partial charge in [-0.1, -0.05) is 23.2 Å². The molecule has 0 saturated carbocycles. The highest BCUT2D eigenvalue weighted by Crippen LogP contribution is 2.29. The smallest absolute Gasteiger partial charge is 0.237 e. The Balaban J connectivity index is 2.49. The van der Waals surface area contributed by atoms with Crippen molar-refractivity contribution in [2.24, 2.45) is 0 Å². The summed E-state index contributed by atoms with van der Waals surface area (Å²) in [5.74, 6) is 0.470. The Bertz CT molecular complexity index is 557. The van der Waals surface area contributed by atoms with E-state index in [2.05, 4.69) is 15.3 Å². The van der Waals surface area contributed by atoms with Crippen molar-refractivity contribution in [1.29, 1.82) is 0 Å². The van der Waals surface area contributed by atoms with Crippen LogP contribution < -0.4 is 10.1 Å². The van der Waals surface area contributed by atoms with Crippen LogP contribution in [0.5, 0.6) is 5.88 Å². The fourth-order valence-electron chi connectivity index (χ4n) is 1.89. The molecule has 1 aromatic heterocycles. The highest BCUT2D eigenvalue weighted by Gasteiger charge is 2.19. The summed E-state index contributed by atoms with van der Waals surface area (Å²) in [5.41, 5.74) is 1.59. The normalized spacial score (nSPS) is 12.2. The molecule has 4 nitrogen and oxygen atoms in total. The molecule has 6 heteroatoms. The lowest BCUT2D eigenvalue weighted by atomic mass is 10.0. The molecule has 0 aliphatic heterocycles. The van der Waals surface area contributed by atoms with Crippen molar-refractivity contribution in [2.75, 3.05) is 14.2 Å². The first-order valence-electron chi connectivity index (χ1n) is 5.64. The largest absolute Gasteiger partial charge is 0.480 e. The fraction of sp³-hybridized carbons (Fsp3) is 0.231. The molecule has 0 amide bonds. The SMILES string of the molecule is CNC(c1cc(Cl)cc(Cl)c1)c1nccnc1OC. The molecular formula is C13H13Cl2N3O. The van der Waals surface area contributed by atoms with E-state index in [-0.39, 0.29) is 6.04 Å². The van der Waals surface area contributed by atoms with Crippen molar-refractivity contribution in [3.8, 4) is 5.88 Å². The van der Waals surface area contributed by atoms with Crippen LogP contribution in [0, 0.1) is 0 Å². The van der Waals surface area contributed by atoms with E-state index in [1.165, 1.54) is 0 Å². The van der Waals surface area contributed by atoms with Gasteiger partial charge in [-0.3, -0.25) is 4.98 Å². The maximum atomic E-state index is 6.03. The van der Waals surface area contributed by atoms with Crippen LogP contribution in [0.2, 0.25) is 10.0 Å². The van der Waals surface area contributed by atoms with Crippen LogP contribution in [-0.4, -0.2) is 24.1 Å². The van der Waals surface area contributed by atoms with Crippen LogP contribution in [0.4, 0.5) is 0 Å². The van der Waals surface area contributed by atoms with Crippen molar-refractivity contribution >= 4 is 23.2 Å². The van der Waals surface area contributed by atoms with Crippen molar-refractivity contribution in [3.05, 3.63) is 51.9 Å². The Morgan fingerprint density at radius 2 is 1.74 bits per heavy atom. The predicted molar refractivity (Wildman–Crippen MR) is 75.9 cm³/mol. The number of hydrogen-bond acceptors (Lipinski definition) is 4. The van der Waals surface area contributed by atoms with E-state index in [0.29, 0.717) is 21.6 Å². The molecule has 2 aromatic rings. The zero-order chi connectivity index (χ0) is 13.8. The average Bonchev–Trinajstić information content (AvgIpc) is 2.39. The van der Waals surface area contributed by atoms with Gasteiger partial charge in [-0.25, -0.2) is 4.98 Å². The zero-order valence-corrected chi connectivity index (χ0v) is 12.0. The topological polar surface area (TPSA) is 47.0 Å². The quantitative estimate of drug-likeness (QED) is 0.942. The van der Waals surface area contributed by atoms with Crippen LogP contribution in [0.1, 0.15) is 17.3 Å². The number of aromatic nitrogens is 2. The monoisotopic (exact) mass is 297 g/mol. The zero-order valence-electron chi connectivity index (χ0n) is 10.5. The van der Waals surface area contributed by atoms with E-state index < -0.39 is 0 Å². The standard InChI is InChI=1S/C13H13Cl2N3O/c1-16-11(8-5-9(14)7-10(15)6-8)12-13(19-2)18-4-3-17-12/h3-7,11,16H,1-2H3. The summed E-state index contributed by atoms with van der Waals surface area (Å²) in [4.78, 5) is 8.47. The molecule has 0 aliphatic carbocycles. The minimum Gasteiger partial charge on any atom is -0.480 e. The second-order valence-corrected chi connectivity index (χ2v) is 4.75. The number of benzene rings is 1. The third-order valence-corrected chi connectivity index (χ3v) is 3.10. The van der Waals surface area contributed by atoms with E-state index in [1.807, 2.05) is 19.2 Å². The van der Waals surface area contributed by atoms with Gasteiger partial charge in [0, 0.05) is 22.4 Å². The van der Waals surface area contributed by atoms with Crippen molar-refractivity contribution in [1.82, 2.24) is 15.3 Å². The highest BCUT2D eigenvalue weighted by atomic mass is 35.5. The third-order valence-electron chi connectivity index (χ3n) is 2.66. The lowest BCUT2D eigenvalue weighted by Crippen LogP contribution is -2.20. The number of nitrogens with one attached hydrogen (secondary N) is 1. The highest BCUT2D eigenvalue weighted by molar-refractivity contribution is 6.34. The van der Waals surface area contributed by atoms with Gasteiger partial charge in [-0.05, 0) is 30.8 Å². The van der Waals surface area contributed by atoms with E-state index in [0.717, 1.165) is 5.56 Å². The van der Waals surface area contributed by atoms with Crippen LogP contribution in [0.15, 0.2) is 30.6 Å². The number of ether oxygens (including phenoxy) is 1. The van der Waals surface area contributed by atoms with E-state index in [4.69, 9.17) is 27.9 Å². The van der Waals surface area contributed by atoms with E-state index in [9.17, 15) is 0 Å². The number of rotatable bonds is 4. The van der Waals surface area contributed by atoms with Gasteiger partial charge in [0.2, 0.25) is 5.88 Å².